The van der Waals surface area contributed by atoms with Crippen molar-refractivity contribution in [1.82, 2.24) is 0 Å². The molecular weight excluding hydrogens is 601 g/mol. The number of hydrogen-bond donors (Lipinski definition) is 0. The van der Waals surface area contributed by atoms with Gasteiger partial charge in [-0.15, -0.1) is 11.3 Å². The minimum absolute atomic E-state index is 0.968. The first-order valence-corrected chi connectivity index (χ1v) is 17.2. The molecule has 0 amide bonds. The van der Waals surface area contributed by atoms with E-state index in [0.29, 0.717) is 0 Å². The van der Waals surface area contributed by atoms with Gasteiger partial charge in [0.15, 0.2) is 0 Å². The van der Waals surface area contributed by atoms with Gasteiger partial charge in [-0.3, -0.25) is 0 Å². The van der Waals surface area contributed by atoms with E-state index < -0.39 is 0 Å². The highest BCUT2D eigenvalue weighted by Gasteiger charge is 2.20. The first-order valence-electron chi connectivity index (χ1n) is 16.4. The van der Waals surface area contributed by atoms with E-state index in [1.54, 1.807) is 0 Å². The summed E-state index contributed by atoms with van der Waals surface area (Å²) in [5.41, 5.74) is 7.03. The van der Waals surface area contributed by atoms with E-state index in [4.69, 9.17) is 4.42 Å². The van der Waals surface area contributed by atoms with Crippen LogP contribution in [0.3, 0.4) is 0 Å². The molecule has 0 atom stereocenters. The predicted octanol–water partition coefficient (Wildman–Crippen LogP) is 13.9. The van der Waals surface area contributed by atoms with E-state index in [2.05, 4.69) is 158 Å². The van der Waals surface area contributed by atoms with Gasteiger partial charge in [0.1, 0.15) is 11.2 Å². The maximum absolute atomic E-state index is 6.77. The van der Waals surface area contributed by atoms with Crippen LogP contribution in [0.15, 0.2) is 162 Å². The van der Waals surface area contributed by atoms with Crippen LogP contribution in [0.25, 0.3) is 107 Å². The molecule has 0 aliphatic carbocycles. The van der Waals surface area contributed by atoms with Crippen molar-refractivity contribution in [3.63, 3.8) is 0 Å². The summed E-state index contributed by atoms with van der Waals surface area (Å²) >= 11 is 1.85. The lowest BCUT2D eigenvalue weighted by Crippen LogP contribution is -1.91. The Kier molecular flexibility index (Phi) is 5.32. The predicted molar refractivity (Wildman–Crippen MR) is 208 cm³/mol. The van der Waals surface area contributed by atoms with Crippen LogP contribution in [0.5, 0.6) is 0 Å². The Morgan fingerprint density at radius 2 is 0.917 bits per heavy atom. The molecule has 1 nitrogen and oxygen atoms in total. The molecule has 222 valence electrons. The van der Waals surface area contributed by atoms with Gasteiger partial charge in [0, 0.05) is 36.3 Å². The van der Waals surface area contributed by atoms with Crippen molar-refractivity contribution >= 4 is 96.5 Å². The summed E-state index contributed by atoms with van der Waals surface area (Å²) in [6, 6.07) is 57.7. The van der Waals surface area contributed by atoms with Crippen LogP contribution in [-0.4, -0.2) is 0 Å². The summed E-state index contributed by atoms with van der Waals surface area (Å²) in [6.45, 7) is 0. The zero-order chi connectivity index (χ0) is 31.3. The second kappa shape index (κ2) is 9.78. The first-order chi connectivity index (χ1) is 23.8. The summed E-state index contributed by atoms with van der Waals surface area (Å²) in [7, 11) is 0. The van der Waals surface area contributed by atoms with Crippen molar-refractivity contribution in [2.45, 2.75) is 0 Å². The lowest BCUT2D eigenvalue weighted by atomic mass is 9.84. The number of furan rings is 1. The van der Waals surface area contributed by atoms with E-state index in [9.17, 15) is 0 Å². The normalized spacial score (nSPS) is 12.2. The molecule has 9 aromatic carbocycles. The lowest BCUT2D eigenvalue weighted by molar-refractivity contribution is 0.677. The van der Waals surface area contributed by atoms with E-state index in [1.165, 1.54) is 90.9 Å². The zero-order valence-electron chi connectivity index (χ0n) is 25.8. The monoisotopic (exact) mass is 626 g/mol. The van der Waals surface area contributed by atoms with E-state index in [-0.39, 0.29) is 0 Å². The second-order valence-electron chi connectivity index (χ2n) is 12.8. The Balaban J connectivity index is 1.19. The molecule has 48 heavy (non-hydrogen) atoms. The van der Waals surface area contributed by atoms with Crippen LogP contribution in [0.4, 0.5) is 0 Å². The Hall–Kier alpha value is -5.96. The largest absolute Gasteiger partial charge is 0.455 e. The van der Waals surface area contributed by atoms with Gasteiger partial charge in [-0.05, 0) is 84.2 Å². The quantitative estimate of drug-likeness (QED) is 0.174. The fourth-order valence-corrected chi connectivity index (χ4v) is 9.29. The highest BCUT2D eigenvalue weighted by molar-refractivity contribution is 7.26. The number of rotatable bonds is 2. The van der Waals surface area contributed by atoms with Gasteiger partial charge in [-0.2, -0.15) is 0 Å². The first kappa shape index (κ1) is 26.1. The number of benzene rings is 9. The Morgan fingerprint density at radius 1 is 0.354 bits per heavy atom. The van der Waals surface area contributed by atoms with Crippen LogP contribution in [0, 0.1) is 0 Å². The Bertz CT molecular complexity index is 3060. The van der Waals surface area contributed by atoms with Crippen molar-refractivity contribution in [2.75, 3.05) is 0 Å². The van der Waals surface area contributed by atoms with Crippen molar-refractivity contribution in [2.24, 2.45) is 0 Å². The Morgan fingerprint density at radius 3 is 1.67 bits per heavy atom. The Labute approximate surface area is 279 Å². The van der Waals surface area contributed by atoms with E-state index in [1.807, 2.05) is 11.3 Å². The molecule has 0 N–H and O–H groups in total. The van der Waals surface area contributed by atoms with Gasteiger partial charge in [0.05, 0.1) is 0 Å². The molecule has 11 aromatic rings. The van der Waals surface area contributed by atoms with Crippen molar-refractivity contribution in [3.8, 4) is 22.3 Å². The van der Waals surface area contributed by atoms with Gasteiger partial charge in [0.25, 0.3) is 0 Å². The molecule has 0 saturated heterocycles. The topological polar surface area (TPSA) is 13.1 Å². The van der Waals surface area contributed by atoms with Crippen molar-refractivity contribution in [3.05, 3.63) is 158 Å². The molecule has 0 aliphatic rings. The fraction of sp³-hybridized carbons (Fsp3) is 0. The fourth-order valence-electron chi connectivity index (χ4n) is 8.15. The summed E-state index contributed by atoms with van der Waals surface area (Å²) in [5.74, 6) is 0. The standard InChI is InChI=1S/C46H26OS/c1-3-13-30-27(10-1)12-9-19-32(30)43-35-17-7-5-15-33(35)42(34-16-6-8-18-36(34)43)29-21-23-39-41(26-29)48-40-25-24-38-37-22-20-28-11-2-4-14-31(28)45(37)47-46(38)44(39)40/h1-26H. The molecule has 0 unspecified atom stereocenters. The minimum atomic E-state index is 0.968. The zero-order valence-corrected chi connectivity index (χ0v) is 26.6. The van der Waals surface area contributed by atoms with Crippen molar-refractivity contribution < 1.29 is 4.42 Å². The number of hydrogen-bond acceptors (Lipinski definition) is 2. The molecule has 0 fully saturated rings. The third kappa shape index (κ3) is 3.55. The van der Waals surface area contributed by atoms with Crippen LogP contribution >= 0.6 is 11.3 Å². The minimum Gasteiger partial charge on any atom is -0.455 e. The molecular formula is C46H26OS. The average Bonchev–Trinajstić information content (AvgIpc) is 3.72. The summed E-state index contributed by atoms with van der Waals surface area (Å²) in [5, 5.41) is 14.8. The third-order valence-corrected chi connectivity index (χ3v) is 11.4. The molecule has 2 aromatic heterocycles. The number of fused-ring (bicyclic) bond motifs is 12. The molecule has 0 aliphatic heterocycles. The van der Waals surface area contributed by atoms with Gasteiger partial charge in [0.2, 0.25) is 0 Å². The van der Waals surface area contributed by atoms with Gasteiger partial charge >= 0.3 is 0 Å². The molecule has 0 spiro atoms. The van der Waals surface area contributed by atoms with Gasteiger partial charge in [-0.1, -0.05) is 133 Å². The SMILES string of the molecule is c1ccc2c(-c3c4ccccc4c(-c4ccc5c(c4)sc4ccc6c7ccc8ccccc8c7oc6c45)c4ccccc34)cccc2c1. The molecule has 2 heterocycles. The molecule has 0 radical (unpaired) electrons. The maximum Gasteiger partial charge on any atom is 0.144 e. The second-order valence-corrected chi connectivity index (χ2v) is 13.8. The maximum atomic E-state index is 6.77. The van der Waals surface area contributed by atoms with Crippen LogP contribution in [-0.2, 0) is 0 Å². The van der Waals surface area contributed by atoms with Gasteiger partial charge in [-0.25, -0.2) is 0 Å². The van der Waals surface area contributed by atoms with E-state index >= 15 is 0 Å². The van der Waals surface area contributed by atoms with Crippen LogP contribution < -0.4 is 0 Å². The highest BCUT2D eigenvalue weighted by atomic mass is 32.1. The van der Waals surface area contributed by atoms with Crippen LogP contribution in [0.1, 0.15) is 0 Å². The molecule has 11 rings (SSSR count). The van der Waals surface area contributed by atoms with Crippen molar-refractivity contribution in [1.29, 1.82) is 0 Å². The molecule has 2 heteroatoms. The average molecular weight is 627 g/mol. The number of thiophene rings is 1. The smallest absolute Gasteiger partial charge is 0.144 e. The lowest BCUT2D eigenvalue weighted by Gasteiger charge is -2.18. The molecule has 0 bridgehead atoms. The van der Waals surface area contributed by atoms with Crippen LogP contribution in [0.2, 0.25) is 0 Å². The van der Waals surface area contributed by atoms with Gasteiger partial charge < -0.3 is 4.42 Å². The van der Waals surface area contributed by atoms with E-state index in [0.717, 1.165) is 16.6 Å². The highest BCUT2D eigenvalue weighted by Crippen LogP contribution is 2.48. The summed E-state index contributed by atoms with van der Waals surface area (Å²) < 4.78 is 9.29. The summed E-state index contributed by atoms with van der Waals surface area (Å²) in [6.07, 6.45) is 0. The summed E-state index contributed by atoms with van der Waals surface area (Å²) in [4.78, 5) is 0. The molecule has 0 saturated carbocycles. The third-order valence-electron chi connectivity index (χ3n) is 10.2.